The summed E-state index contributed by atoms with van der Waals surface area (Å²) in [6.07, 6.45) is -0.480. The van der Waals surface area contributed by atoms with Crippen LogP contribution in [0, 0.1) is 0 Å². The van der Waals surface area contributed by atoms with Crippen LogP contribution >= 0.6 is 0 Å². The molecule has 0 heterocycles. The van der Waals surface area contributed by atoms with Gasteiger partial charge in [-0.2, -0.15) is 8.42 Å². The molecular weight excluding hydrogens is 270 g/mol. The van der Waals surface area contributed by atoms with Crippen LogP contribution in [0.15, 0.2) is 24.3 Å². The lowest BCUT2D eigenvalue weighted by Gasteiger charge is -2.24. The van der Waals surface area contributed by atoms with Crippen LogP contribution in [-0.4, -0.2) is 28.2 Å². The van der Waals surface area contributed by atoms with Crippen molar-refractivity contribution in [1.29, 1.82) is 0 Å². The van der Waals surface area contributed by atoms with Gasteiger partial charge in [-0.3, -0.25) is 4.31 Å². The zero-order valence-electron chi connectivity index (χ0n) is 10.8. The van der Waals surface area contributed by atoms with E-state index in [-0.39, 0.29) is 6.54 Å². The molecule has 106 valence electrons. The van der Waals surface area contributed by atoms with E-state index >= 15 is 0 Å². The molecule has 3 N–H and O–H groups in total. The van der Waals surface area contributed by atoms with Gasteiger partial charge in [-0.25, -0.2) is 9.52 Å². The highest BCUT2D eigenvalue weighted by Crippen LogP contribution is 2.24. The third-order valence-corrected chi connectivity index (χ3v) is 3.70. The van der Waals surface area contributed by atoms with E-state index in [1.807, 2.05) is 6.92 Å². The average molecular weight is 287 g/mol. The van der Waals surface area contributed by atoms with Crippen LogP contribution in [0.4, 0.5) is 16.2 Å². The summed E-state index contributed by atoms with van der Waals surface area (Å²) < 4.78 is 31.3. The Bertz CT molecular complexity index is 545. The third kappa shape index (κ3) is 3.75. The molecule has 7 nitrogen and oxygen atoms in total. The molecule has 0 aliphatic heterocycles. The number of nitrogens with two attached hydrogens (primary N) is 1. The van der Waals surface area contributed by atoms with Gasteiger partial charge in [0.1, 0.15) is 0 Å². The van der Waals surface area contributed by atoms with Gasteiger partial charge in [0, 0.05) is 6.54 Å². The Morgan fingerprint density at radius 1 is 1.42 bits per heavy atom. The molecule has 1 aromatic carbocycles. The largest absolute Gasteiger partial charge is 0.452 e. The van der Waals surface area contributed by atoms with Gasteiger partial charge in [0.2, 0.25) is 0 Å². The fourth-order valence-electron chi connectivity index (χ4n) is 1.49. The van der Waals surface area contributed by atoms with Crippen molar-refractivity contribution in [1.82, 2.24) is 4.72 Å². The molecular formula is C11H17N3O4S. The van der Waals surface area contributed by atoms with E-state index < -0.39 is 16.3 Å². The van der Waals surface area contributed by atoms with Gasteiger partial charge in [0.15, 0.2) is 0 Å². The van der Waals surface area contributed by atoms with E-state index in [4.69, 9.17) is 5.73 Å². The predicted octanol–water partition coefficient (Wildman–Crippen LogP) is 1.09. The summed E-state index contributed by atoms with van der Waals surface area (Å²) in [6.45, 7) is 2.01. The number of hydrogen-bond donors (Lipinski definition) is 2. The van der Waals surface area contributed by atoms with Gasteiger partial charge >= 0.3 is 16.3 Å². The van der Waals surface area contributed by atoms with E-state index in [1.165, 1.54) is 0 Å². The third-order valence-electron chi connectivity index (χ3n) is 2.32. The number of ether oxygens (including phenoxy) is 1. The number of nitrogen functional groups attached to an aromatic ring is 1. The maximum atomic E-state index is 12.1. The molecule has 0 atom stereocenters. The van der Waals surface area contributed by atoms with Crippen molar-refractivity contribution in [3.8, 4) is 0 Å². The molecule has 1 rings (SSSR count). The highest BCUT2D eigenvalue weighted by molar-refractivity contribution is 7.91. The smallest absolute Gasteiger partial charge is 0.422 e. The quantitative estimate of drug-likeness (QED) is 0.789. The number of benzene rings is 1. The van der Waals surface area contributed by atoms with Crippen LogP contribution in [0.1, 0.15) is 13.3 Å². The molecule has 8 heteroatoms. The molecule has 0 unspecified atom stereocenters. The Kier molecular flexibility index (Phi) is 4.99. The Balaban J connectivity index is 3.14. The number of nitrogens with one attached hydrogen (secondary N) is 1. The van der Waals surface area contributed by atoms with Crippen molar-refractivity contribution in [2.24, 2.45) is 0 Å². The van der Waals surface area contributed by atoms with Crippen LogP contribution < -0.4 is 14.8 Å². The monoisotopic (exact) mass is 287 g/mol. The van der Waals surface area contributed by atoms with Crippen LogP contribution in [0.5, 0.6) is 0 Å². The number of carbonyl (C=O) groups is 1. The Morgan fingerprint density at radius 3 is 2.58 bits per heavy atom. The second-order valence-electron chi connectivity index (χ2n) is 3.73. The van der Waals surface area contributed by atoms with Crippen molar-refractivity contribution in [3.63, 3.8) is 0 Å². The van der Waals surface area contributed by atoms with E-state index in [1.54, 1.807) is 29.0 Å². The fraction of sp³-hybridized carbons (Fsp3) is 0.364. The lowest BCUT2D eigenvalue weighted by atomic mass is 10.2. The van der Waals surface area contributed by atoms with Gasteiger partial charge in [-0.05, 0) is 18.6 Å². The number of para-hydroxylation sites is 2. The summed E-state index contributed by atoms with van der Waals surface area (Å²) in [6, 6.07) is 6.53. The number of amides is 1. The first-order valence-electron chi connectivity index (χ1n) is 5.65. The van der Waals surface area contributed by atoms with Gasteiger partial charge < -0.3 is 10.5 Å². The van der Waals surface area contributed by atoms with Gasteiger partial charge in [-0.15, -0.1) is 0 Å². The summed E-state index contributed by atoms with van der Waals surface area (Å²) in [5.41, 5.74) is 6.39. The Hall–Kier alpha value is -1.96. The predicted molar refractivity (Wildman–Crippen MR) is 73.0 cm³/mol. The summed E-state index contributed by atoms with van der Waals surface area (Å²) in [7, 11) is -2.95. The molecule has 0 aromatic heterocycles. The molecule has 0 saturated carbocycles. The second-order valence-corrected chi connectivity index (χ2v) is 5.32. The number of carbonyl (C=O) groups excluding carboxylic acids is 1. The molecule has 0 saturated heterocycles. The lowest BCUT2D eigenvalue weighted by Crippen LogP contribution is -2.44. The molecule has 1 aromatic rings. The second kappa shape index (κ2) is 6.28. The van der Waals surface area contributed by atoms with Crippen LogP contribution in [0.25, 0.3) is 0 Å². The molecule has 19 heavy (non-hydrogen) atoms. The molecule has 0 bridgehead atoms. The summed E-state index contributed by atoms with van der Waals surface area (Å²) in [5.74, 6) is 0. The Labute approximate surface area is 112 Å². The minimum Gasteiger partial charge on any atom is -0.452 e. The topological polar surface area (TPSA) is 102 Å². The maximum absolute atomic E-state index is 12.1. The molecule has 0 aliphatic rings. The van der Waals surface area contributed by atoms with E-state index in [0.717, 1.165) is 11.4 Å². The highest BCUT2D eigenvalue weighted by Gasteiger charge is 2.25. The minimum atomic E-state index is -4.04. The molecule has 0 spiro atoms. The number of methoxy groups -OCH3 is 1. The van der Waals surface area contributed by atoms with Gasteiger partial charge in [-0.1, -0.05) is 19.1 Å². The van der Waals surface area contributed by atoms with Crippen molar-refractivity contribution in [3.05, 3.63) is 24.3 Å². The summed E-state index contributed by atoms with van der Waals surface area (Å²) in [4.78, 5) is 11.1. The van der Waals surface area contributed by atoms with Crippen LogP contribution in [-0.2, 0) is 14.9 Å². The standard InChI is InChI=1S/C11H17N3O4S/c1-3-8-14(10-7-5-4-6-9(10)12)19(16,17)13-11(15)18-2/h4-7H,3,8,12H2,1-2H3,(H,13,15). The van der Waals surface area contributed by atoms with Gasteiger partial charge in [0.25, 0.3) is 0 Å². The van der Waals surface area contributed by atoms with Gasteiger partial charge in [0.05, 0.1) is 18.5 Å². The first-order valence-corrected chi connectivity index (χ1v) is 7.09. The molecule has 0 aliphatic carbocycles. The lowest BCUT2D eigenvalue weighted by molar-refractivity contribution is 0.177. The van der Waals surface area contributed by atoms with Crippen molar-refractivity contribution < 1.29 is 17.9 Å². The summed E-state index contributed by atoms with van der Waals surface area (Å²) >= 11 is 0. The number of nitrogens with zero attached hydrogens (tertiary/aromatic N) is 1. The van der Waals surface area contributed by atoms with E-state index in [9.17, 15) is 13.2 Å². The average Bonchev–Trinajstić information content (AvgIpc) is 2.36. The molecule has 1 amide bonds. The maximum Gasteiger partial charge on any atom is 0.422 e. The molecule has 0 fully saturated rings. The SMILES string of the molecule is CCCN(c1ccccc1N)S(=O)(=O)NC(=O)OC. The van der Waals surface area contributed by atoms with Crippen molar-refractivity contribution in [2.45, 2.75) is 13.3 Å². The van der Waals surface area contributed by atoms with Crippen molar-refractivity contribution >= 4 is 27.7 Å². The number of rotatable bonds is 5. The first-order chi connectivity index (χ1) is 8.92. The Morgan fingerprint density at radius 2 is 2.05 bits per heavy atom. The van der Waals surface area contributed by atoms with Crippen molar-refractivity contribution in [2.75, 3.05) is 23.7 Å². The number of anilines is 2. The zero-order chi connectivity index (χ0) is 14.5. The van der Waals surface area contributed by atoms with E-state index in [0.29, 0.717) is 17.8 Å². The summed E-state index contributed by atoms with van der Waals surface area (Å²) in [5, 5.41) is 0. The number of hydrogen-bond acceptors (Lipinski definition) is 5. The van der Waals surface area contributed by atoms with E-state index in [2.05, 4.69) is 4.74 Å². The highest BCUT2D eigenvalue weighted by atomic mass is 32.2. The molecule has 0 radical (unpaired) electrons. The minimum absolute atomic E-state index is 0.195. The zero-order valence-corrected chi connectivity index (χ0v) is 11.6. The van der Waals surface area contributed by atoms with Crippen LogP contribution in [0.3, 0.4) is 0 Å². The van der Waals surface area contributed by atoms with Crippen LogP contribution in [0.2, 0.25) is 0 Å². The normalized spacial score (nSPS) is 10.8. The fourth-order valence-corrected chi connectivity index (χ4v) is 2.74. The first kappa shape index (κ1) is 15.1.